The van der Waals surface area contributed by atoms with Crippen LogP contribution in [0.15, 0.2) is 34.5 Å². The first-order valence-electron chi connectivity index (χ1n) is 6.86. The summed E-state index contributed by atoms with van der Waals surface area (Å²) < 4.78 is 0. The number of nitrogens with one attached hydrogen (secondary N) is 1. The SMILES string of the molecule is CC(C)c1ccc(C=N/N=C2\NC(=O)C(CC(=O)O)S2)cc1. The Kier molecular flexibility index (Phi) is 5.32. The molecule has 1 aliphatic heterocycles. The smallest absolute Gasteiger partial charge is 0.305 e. The van der Waals surface area contributed by atoms with Gasteiger partial charge in [0.2, 0.25) is 5.91 Å². The Hall–Kier alpha value is -2.15. The summed E-state index contributed by atoms with van der Waals surface area (Å²) in [4.78, 5) is 22.1. The Balaban J connectivity index is 1.96. The van der Waals surface area contributed by atoms with Crippen LogP contribution in [0.2, 0.25) is 0 Å². The lowest BCUT2D eigenvalue weighted by molar-refractivity contribution is -0.138. The highest BCUT2D eigenvalue weighted by molar-refractivity contribution is 8.15. The maximum absolute atomic E-state index is 11.5. The molecule has 1 atom stereocenters. The first kappa shape index (κ1) is 16.2. The second-order valence-corrected chi connectivity index (χ2v) is 6.36. The Bertz CT molecular complexity index is 623. The van der Waals surface area contributed by atoms with Gasteiger partial charge in [0.1, 0.15) is 5.25 Å². The molecule has 0 bridgehead atoms. The maximum atomic E-state index is 11.5. The Morgan fingerprint density at radius 3 is 2.68 bits per heavy atom. The van der Waals surface area contributed by atoms with Crippen LogP contribution in [0.5, 0.6) is 0 Å². The highest BCUT2D eigenvalue weighted by Gasteiger charge is 2.32. The molecule has 0 saturated carbocycles. The third kappa shape index (κ3) is 4.42. The summed E-state index contributed by atoms with van der Waals surface area (Å²) >= 11 is 1.08. The molecule has 1 heterocycles. The van der Waals surface area contributed by atoms with Crippen LogP contribution in [-0.2, 0) is 9.59 Å². The second-order valence-electron chi connectivity index (χ2n) is 5.16. The largest absolute Gasteiger partial charge is 0.481 e. The summed E-state index contributed by atoms with van der Waals surface area (Å²) in [6, 6.07) is 7.97. The number of thioether (sulfide) groups is 1. The van der Waals surface area contributed by atoms with E-state index >= 15 is 0 Å². The number of carbonyl (C=O) groups excluding carboxylic acids is 1. The monoisotopic (exact) mass is 319 g/mol. The molecule has 0 aromatic heterocycles. The second kappa shape index (κ2) is 7.22. The first-order valence-corrected chi connectivity index (χ1v) is 7.74. The van der Waals surface area contributed by atoms with Gasteiger partial charge in [0, 0.05) is 0 Å². The van der Waals surface area contributed by atoms with Crippen LogP contribution in [0.25, 0.3) is 0 Å². The Morgan fingerprint density at radius 2 is 2.09 bits per heavy atom. The molecule has 2 rings (SSSR count). The zero-order chi connectivity index (χ0) is 16.1. The predicted molar refractivity (Wildman–Crippen MR) is 87.3 cm³/mol. The molecule has 6 nitrogen and oxygen atoms in total. The minimum absolute atomic E-state index is 0.226. The molecule has 1 aromatic carbocycles. The van der Waals surface area contributed by atoms with E-state index in [2.05, 4.69) is 29.4 Å². The molecule has 7 heteroatoms. The number of carboxylic acid groups (broad SMARTS) is 1. The van der Waals surface area contributed by atoms with Crippen molar-refractivity contribution >= 4 is 35.0 Å². The molecule has 0 radical (unpaired) electrons. The fourth-order valence-electron chi connectivity index (χ4n) is 1.86. The van der Waals surface area contributed by atoms with E-state index in [4.69, 9.17) is 5.11 Å². The van der Waals surface area contributed by atoms with Gasteiger partial charge in [0.05, 0.1) is 12.6 Å². The maximum Gasteiger partial charge on any atom is 0.305 e. The number of amidine groups is 1. The number of aliphatic carboxylic acids is 1. The van der Waals surface area contributed by atoms with Crippen molar-refractivity contribution in [2.75, 3.05) is 0 Å². The van der Waals surface area contributed by atoms with E-state index in [0.717, 1.165) is 17.3 Å². The van der Waals surface area contributed by atoms with Crippen molar-refractivity contribution in [1.82, 2.24) is 5.32 Å². The molecule has 1 unspecified atom stereocenters. The van der Waals surface area contributed by atoms with Crippen molar-refractivity contribution in [2.24, 2.45) is 10.2 Å². The molecule has 1 aliphatic rings. The van der Waals surface area contributed by atoms with Gasteiger partial charge in [-0.25, -0.2) is 0 Å². The molecule has 1 amide bonds. The normalized spacial score (nSPS) is 20.0. The molecule has 1 saturated heterocycles. The summed E-state index contributed by atoms with van der Waals surface area (Å²) in [6.45, 7) is 4.26. The van der Waals surface area contributed by atoms with Crippen LogP contribution < -0.4 is 5.32 Å². The zero-order valence-electron chi connectivity index (χ0n) is 12.3. The third-order valence-electron chi connectivity index (χ3n) is 3.09. The van der Waals surface area contributed by atoms with Gasteiger partial charge in [-0.3, -0.25) is 9.59 Å². The third-order valence-corrected chi connectivity index (χ3v) is 4.17. The van der Waals surface area contributed by atoms with Crippen LogP contribution in [0.4, 0.5) is 0 Å². The van der Waals surface area contributed by atoms with Crippen molar-refractivity contribution in [3.63, 3.8) is 0 Å². The lowest BCUT2D eigenvalue weighted by Gasteiger charge is -2.03. The summed E-state index contributed by atoms with van der Waals surface area (Å²) in [5, 5.41) is 18.7. The quantitative estimate of drug-likeness (QED) is 0.643. The van der Waals surface area contributed by atoms with Crippen LogP contribution in [-0.4, -0.2) is 33.6 Å². The molecular weight excluding hydrogens is 302 g/mol. The van der Waals surface area contributed by atoms with E-state index in [0.29, 0.717) is 11.1 Å². The van der Waals surface area contributed by atoms with Crippen molar-refractivity contribution in [3.05, 3.63) is 35.4 Å². The fraction of sp³-hybridized carbons (Fsp3) is 0.333. The topological polar surface area (TPSA) is 91.1 Å². The lowest BCUT2D eigenvalue weighted by Crippen LogP contribution is -2.26. The molecular formula is C15H17N3O3S. The molecule has 22 heavy (non-hydrogen) atoms. The van der Waals surface area contributed by atoms with E-state index in [1.54, 1.807) is 6.21 Å². The highest BCUT2D eigenvalue weighted by atomic mass is 32.2. The number of carbonyl (C=O) groups is 2. The summed E-state index contributed by atoms with van der Waals surface area (Å²) in [7, 11) is 0. The highest BCUT2D eigenvalue weighted by Crippen LogP contribution is 2.22. The Labute approximate surface area is 132 Å². The zero-order valence-corrected chi connectivity index (χ0v) is 13.1. The van der Waals surface area contributed by atoms with E-state index in [1.807, 2.05) is 24.3 Å². The number of rotatable bonds is 5. The number of benzene rings is 1. The molecule has 0 spiro atoms. The van der Waals surface area contributed by atoms with E-state index < -0.39 is 11.2 Å². The summed E-state index contributed by atoms with van der Waals surface area (Å²) in [5.41, 5.74) is 2.16. The minimum atomic E-state index is -1.01. The van der Waals surface area contributed by atoms with Crippen LogP contribution >= 0.6 is 11.8 Å². The van der Waals surface area contributed by atoms with Gasteiger partial charge in [-0.05, 0) is 17.0 Å². The van der Waals surface area contributed by atoms with Gasteiger partial charge in [0.25, 0.3) is 0 Å². The molecule has 1 fully saturated rings. The predicted octanol–water partition coefficient (Wildman–Crippen LogP) is 2.21. The van der Waals surface area contributed by atoms with Crippen molar-refractivity contribution in [2.45, 2.75) is 31.4 Å². The van der Waals surface area contributed by atoms with Gasteiger partial charge in [-0.15, -0.1) is 5.10 Å². The van der Waals surface area contributed by atoms with Gasteiger partial charge in [0.15, 0.2) is 5.17 Å². The molecule has 1 aromatic rings. The van der Waals surface area contributed by atoms with Gasteiger partial charge in [-0.1, -0.05) is 49.9 Å². The standard InChI is InChI=1S/C15H17N3O3S/c1-9(2)11-5-3-10(4-6-11)8-16-18-15-17-14(21)12(22-15)7-13(19)20/h3-6,8-9,12H,7H2,1-2H3,(H,19,20)(H,17,18,21). The van der Waals surface area contributed by atoms with Crippen molar-refractivity contribution < 1.29 is 14.7 Å². The fourth-order valence-corrected chi connectivity index (χ4v) is 2.78. The van der Waals surface area contributed by atoms with Crippen LogP contribution in [0.1, 0.15) is 37.3 Å². The van der Waals surface area contributed by atoms with Gasteiger partial charge >= 0.3 is 5.97 Å². The molecule has 116 valence electrons. The minimum Gasteiger partial charge on any atom is -0.481 e. The lowest BCUT2D eigenvalue weighted by atomic mass is 10.0. The number of hydrogen-bond donors (Lipinski definition) is 2. The van der Waals surface area contributed by atoms with Crippen LogP contribution in [0, 0.1) is 0 Å². The average Bonchev–Trinajstić information content (AvgIpc) is 2.79. The van der Waals surface area contributed by atoms with Gasteiger partial charge < -0.3 is 10.4 Å². The van der Waals surface area contributed by atoms with E-state index in [9.17, 15) is 9.59 Å². The van der Waals surface area contributed by atoms with E-state index in [-0.39, 0.29) is 12.3 Å². The molecule has 2 N–H and O–H groups in total. The number of amides is 1. The number of hydrogen-bond acceptors (Lipinski definition) is 5. The summed E-state index contributed by atoms with van der Waals surface area (Å²) in [5.74, 6) is -0.882. The summed E-state index contributed by atoms with van der Waals surface area (Å²) in [6.07, 6.45) is 1.37. The number of nitrogens with zero attached hydrogens (tertiary/aromatic N) is 2. The average molecular weight is 319 g/mol. The first-order chi connectivity index (χ1) is 10.5. The van der Waals surface area contributed by atoms with E-state index in [1.165, 1.54) is 5.56 Å². The van der Waals surface area contributed by atoms with Crippen LogP contribution in [0.3, 0.4) is 0 Å². The Morgan fingerprint density at radius 1 is 1.41 bits per heavy atom. The van der Waals surface area contributed by atoms with Crippen molar-refractivity contribution in [1.29, 1.82) is 0 Å². The number of carboxylic acids is 1. The van der Waals surface area contributed by atoms with Crippen molar-refractivity contribution in [3.8, 4) is 0 Å². The molecule has 0 aliphatic carbocycles. The van der Waals surface area contributed by atoms with Gasteiger partial charge in [-0.2, -0.15) is 5.10 Å².